The first-order valence-electron chi connectivity index (χ1n) is 7.33. The lowest BCUT2D eigenvalue weighted by atomic mass is 10.2. The van der Waals surface area contributed by atoms with Gasteiger partial charge in [-0.05, 0) is 49.8 Å². The minimum absolute atomic E-state index is 0.00306. The molecule has 1 atom stereocenters. The number of amides is 1. The Balaban J connectivity index is 1.79. The molecule has 0 aliphatic carbocycles. The Kier molecular flexibility index (Phi) is 6.43. The van der Waals surface area contributed by atoms with Gasteiger partial charge >= 0.3 is 0 Å². The molecule has 0 saturated carbocycles. The summed E-state index contributed by atoms with van der Waals surface area (Å²) in [6.45, 7) is 0.551. The molecule has 0 bridgehead atoms. The highest BCUT2D eigenvalue weighted by atomic mass is 32.1. The summed E-state index contributed by atoms with van der Waals surface area (Å²) in [7, 11) is 5.62. The van der Waals surface area contributed by atoms with E-state index >= 15 is 0 Å². The molecule has 1 N–H and O–H groups in total. The maximum Gasteiger partial charge on any atom is 0.258 e. The predicted molar refractivity (Wildman–Crippen MR) is 92.2 cm³/mol. The van der Waals surface area contributed by atoms with E-state index in [2.05, 4.69) is 16.3 Å². The Bertz CT molecular complexity index is 597. The fraction of sp³-hybridized carbons (Fsp3) is 0.353. The maximum absolute atomic E-state index is 12.0. The highest BCUT2D eigenvalue weighted by Crippen LogP contribution is 2.22. The normalized spacial score (nSPS) is 12.0. The van der Waals surface area contributed by atoms with Gasteiger partial charge in [0.15, 0.2) is 6.61 Å². The van der Waals surface area contributed by atoms with Gasteiger partial charge in [0.1, 0.15) is 11.5 Å². The number of ether oxygens (including phenoxy) is 2. The lowest BCUT2D eigenvalue weighted by Gasteiger charge is -2.23. The summed E-state index contributed by atoms with van der Waals surface area (Å²) >= 11 is 1.69. The first kappa shape index (κ1) is 17.3. The molecule has 1 aromatic carbocycles. The quantitative estimate of drug-likeness (QED) is 0.806. The van der Waals surface area contributed by atoms with Crippen molar-refractivity contribution in [2.24, 2.45) is 0 Å². The first-order chi connectivity index (χ1) is 11.1. The number of carbonyl (C=O) groups is 1. The molecule has 0 aliphatic rings. The van der Waals surface area contributed by atoms with Gasteiger partial charge in [0, 0.05) is 11.4 Å². The lowest BCUT2D eigenvalue weighted by molar-refractivity contribution is -0.123. The summed E-state index contributed by atoms with van der Waals surface area (Å²) in [5, 5.41) is 4.96. The van der Waals surface area contributed by atoms with Gasteiger partial charge in [-0.2, -0.15) is 0 Å². The summed E-state index contributed by atoms with van der Waals surface area (Å²) in [5.41, 5.74) is 0. The van der Waals surface area contributed by atoms with E-state index in [4.69, 9.17) is 9.47 Å². The van der Waals surface area contributed by atoms with Crippen LogP contribution < -0.4 is 14.8 Å². The van der Waals surface area contributed by atoms with Crippen LogP contribution in [-0.4, -0.2) is 45.2 Å². The van der Waals surface area contributed by atoms with Gasteiger partial charge in [-0.1, -0.05) is 6.07 Å². The molecule has 1 amide bonds. The SMILES string of the molecule is COc1ccc(OCC(=O)NCC(c2cccs2)N(C)C)cc1. The van der Waals surface area contributed by atoms with E-state index in [1.165, 1.54) is 4.88 Å². The summed E-state index contributed by atoms with van der Waals surface area (Å²) in [4.78, 5) is 15.3. The number of carbonyl (C=O) groups excluding carboxylic acids is 1. The van der Waals surface area contributed by atoms with Gasteiger partial charge in [-0.25, -0.2) is 0 Å². The van der Waals surface area contributed by atoms with Crippen LogP contribution in [0.5, 0.6) is 11.5 Å². The van der Waals surface area contributed by atoms with E-state index in [1.807, 2.05) is 25.5 Å². The number of hydrogen-bond donors (Lipinski definition) is 1. The Morgan fingerprint density at radius 1 is 1.22 bits per heavy atom. The fourth-order valence-electron chi connectivity index (χ4n) is 2.10. The second-order valence-corrected chi connectivity index (χ2v) is 6.24. The molecule has 0 radical (unpaired) electrons. The van der Waals surface area contributed by atoms with Crippen molar-refractivity contribution in [3.05, 3.63) is 46.7 Å². The highest BCUT2D eigenvalue weighted by Gasteiger charge is 2.16. The Morgan fingerprint density at radius 2 is 1.91 bits per heavy atom. The van der Waals surface area contributed by atoms with Gasteiger partial charge in [0.2, 0.25) is 0 Å². The molecule has 0 spiro atoms. The standard InChI is InChI=1S/C17H22N2O3S/c1-19(2)15(16-5-4-10-23-16)11-18-17(20)12-22-14-8-6-13(21-3)7-9-14/h4-10,15H,11-12H2,1-3H3,(H,18,20). The van der Waals surface area contributed by atoms with Crippen molar-refractivity contribution < 1.29 is 14.3 Å². The van der Waals surface area contributed by atoms with Gasteiger partial charge < -0.3 is 19.7 Å². The average molecular weight is 334 g/mol. The van der Waals surface area contributed by atoms with E-state index in [0.29, 0.717) is 12.3 Å². The van der Waals surface area contributed by atoms with Gasteiger partial charge in [-0.3, -0.25) is 4.79 Å². The largest absolute Gasteiger partial charge is 0.497 e. The fourth-order valence-corrected chi connectivity index (χ4v) is 3.02. The summed E-state index contributed by atoms with van der Waals surface area (Å²) < 4.78 is 10.6. The topological polar surface area (TPSA) is 50.8 Å². The molecular formula is C17H22N2O3S. The minimum Gasteiger partial charge on any atom is -0.497 e. The van der Waals surface area contributed by atoms with Gasteiger partial charge in [0.25, 0.3) is 5.91 Å². The molecule has 5 nitrogen and oxygen atoms in total. The molecular weight excluding hydrogens is 312 g/mol. The van der Waals surface area contributed by atoms with Gasteiger partial charge in [-0.15, -0.1) is 11.3 Å². The van der Waals surface area contributed by atoms with E-state index in [0.717, 1.165) is 5.75 Å². The maximum atomic E-state index is 12.0. The van der Waals surface area contributed by atoms with Crippen molar-refractivity contribution in [1.29, 1.82) is 0 Å². The highest BCUT2D eigenvalue weighted by molar-refractivity contribution is 7.10. The third-order valence-electron chi connectivity index (χ3n) is 3.42. The van der Waals surface area contributed by atoms with Crippen LogP contribution in [-0.2, 0) is 4.79 Å². The van der Waals surface area contributed by atoms with E-state index in [-0.39, 0.29) is 18.6 Å². The van der Waals surface area contributed by atoms with Crippen molar-refractivity contribution in [2.75, 3.05) is 34.4 Å². The van der Waals surface area contributed by atoms with Crippen LogP contribution in [0.2, 0.25) is 0 Å². The molecule has 2 aromatic rings. The molecule has 2 rings (SSSR count). The van der Waals surface area contributed by atoms with Crippen molar-refractivity contribution in [3.63, 3.8) is 0 Å². The van der Waals surface area contributed by atoms with Crippen LogP contribution in [0.15, 0.2) is 41.8 Å². The van der Waals surface area contributed by atoms with Crippen molar-refractivity contribution in [2.45, 2.75) is 6.04 Å². The number of likely N-dealkylation sites (N-methyl/N-ethyl adjacent to an activating group) is 1. The zero-order valence-corrected chi connectivity index (χ0v) is 14.4. The number of nitrogens with one attached hydrogen (secondary N) is 1. The smallest absolute Gasteiger partial charge is 0.258 e. The third kappa shape index (κ3) is 5.26. The second-order valence-electron chi connectivity index (χ2n) is 5.26. The van der Waals surface area contributed by atoms with Crippen molar-refractivity contribution >= 4 is 17.2 Å². The van der Waals surface area contributed by atoms with Crippen LogP contribution >= 0.6 is 11.3 Å². The van der Waals surface area contributed by atoms with Crippen LogP contribution in [0.1, 0.15) is 10.9 Å². The van der Waals surface area contributed by atoms with E-state index in [1.54, 1.807) is 42.7 Å². The lowest BCUT2D eigenvalue weighted by Crippen LogP contribution is -2.36. The molecule has 0 saturated heterocycles. The van der Waals surface area contributed by atoms with Crippen LogP contribution in [0.4, 0.5) is 0 Å². The Morgan fingerprint density at radius 3 is 2.48 bits per heavy atom. The van der Waals surface area contributed by atoms with Crippen molar-refractivity contribution in [3.8, 4) is 11.5 Å². The monoisotopic (exact) mass is 334 g/mol. The summed E-state index contributed by atoms with van der Waals surface area (Å²) in [6.07, 6.45) is 0. The summed E-state index contributed by atoms with van der Waals surface area (Å²) in [5.74, 6) is 1.26. The number of methoxy groups -OCH3 is 1. The molecule has 6 heteroatoms. The molecule has 23 heavy (non-hydrogen) atoms. The molecule has 1 unspecified atom stereocenters. The Hall–Kier alpha value is -2.05. The number of benzene rings is 1. The zero-order chi connectivity index (χ0) is 16.7. The number of rotatable bonds is 8. The van der Waals surface area contributed by atoms with Crippen LogP contribution in [0, 0.1) is 0 Å². The third-order valence-corrected chi connectivity index (χ3v) is 4.39. The number of thiophene rings is 1. The van der Waals surface area contributed by atoms with Gasteiger partial charge in [0.05, 0.1) is 13.2 Å². The number of nitrogens with zero attached hydrogens (tertiary/aromatic N) is 1. The predicted octanol–water partition coefficient (Wildman–Crippen LogP) is 2.55. The van der Waals surface area contributed by atoms with Crippen LogP contribution in [0.25, 0.3) is 0 Å². The summed E-state index contributed by atoms with van der Waals surface area (Å²) in [6, 6.07) is 11.4. The molecule has 0 aliphatic heterocycles. The number of hydrogen-bond acceptors (Lipinski definition) is 5. The zero-order valence-electron chi connectivity index (χ0n) is 13.6. The second kappa shape index (κ2) is 8.55. The molecule has 0 fully saturated rings. The minimum atomic E-state index is -0.135. The molecule has 1 heterocycles. The van der Waals surface area contributed by atoms with Crippen molar-refractivity contribution in [1.82, 2.24) is 10.2 Å². The van der Waals surface area contributed by atoms with E-state index < -0.39 is 0 Å². The first-order valence-corrected chi connectivity index (χ1v) is 8.21. The van der Waals surface area contributed by atoms with Crippen LogP contribution in [0.3, 0.4) is 0 Å². The molecule has 124 valence electrons. The van der Waals surface area contributed by atoms with E-state index in [9.17, 15) is 4.79 Å². The molecule has 1 aromatic heterocycles. The Labute approximate surface area is 140 Å². The average Bonchev–Trinajstić information content (AvgIpc) is 3.07.